The molecule has 88 valence electrons. The van der Waals surface area contributed by atoms with Crippen LogP contribution in [0.25, 0.3) is 0 Å². The average molecular weight is 217 g/mol. The van der Waals surface area contributed by atoms with Crippen LogP contribution in [-0.4, -0.2) is 6.54 Å². The Balaban J connectivity index is 2.36. The standard InChI is InChI=1S/C15H23N/c1-14(2,3)12-6-4-7-13(10-12)15(11-16)8-5-9-15/h4,6-7,10H,5,8-9,11,16H2,1-3H3. The van der Waals surface area contributed by atoms with Crippen LogP contribution in [0.5, 0.6) is 0 Å². The molecule has 1 aliphatic rings. The summed E-state index contributed by atoms with van der Waals surface area (Å²) in [6, 6.07) is 9.03. The molecule has 0 amide bonds. The van der Waals surface area contributed by atoms with Crippen LogP contribution in [0.2, 0.25) is 0 Å². The first-order valence-electron chi connectivity index (χ1n) is 6.29. The highest BCUT2D eigenvalue weighted by Crippen LogP contribution is 2.43. The number of hydrogen-bond donors (Lipinski definition) is 1. The molecule has 0 aromatic heterocycles. The molecule has 0 atom stereocenters. The van der Waals surface area contributed by atoms with Crippen molar-refractivity contribution in [2.45, 2.75) is 50.9 Å². The van der Waals surface area contributed by atoms with Crippen LogP contribution in [0.3, 0.4) is 0 Å². The van der Waals surface area contributed by atoms with Crippen molar-refractivity contribution in [3.05, 3.63) is 35.4 Å². The predicted octanol–water partition coefficient (Wildman–Crippen LogP) is 3.36. The molecular weight excluding hydrogens is 194 g/mol. The number of hydrogen-bond acceptors (Lipinski definition) is 1. The molecular formula is C15H23N. The highest BCUT2D eigenvalue weighted by atomic mass is 14.6. The van der Waals surface area contributed by atoms with E-state index in [1.807, 2.05) is 0 Å². The van der Waals surface area contributed by atoms with E-state index in [0.717, 1.165) is 6.54 Å². The molecule has 1 aromatic rings. The second-order valence-corrected chi connectivity index (χ2v) is 6.17. The molecule has 1 nitrogen and oxygen atoms in total. The van der Waals surface area contributed by atoms with Crippen molar-refractivity contribution in [2.75, 3.05) is 6.54 Å². The summed E-state index contributed by atoms with van der Waals surface area (Å²) in [6.07, 6.45) is 3.85. The second kappa shape index (κ2) is 3.89. The van der Waals surface area contributed by atoms with E-state index in [2.05, 4.69) is 45.0 Å². The lowest BCUT2D eigenvalue weighted by Gasteiger charge is -2.42. The zero-order valence-electron chi connectivity index (χ0n) is 10.7. The maximum Gasteiger partial charge on any atom is 0.00756 e. The van der Waals surface area contributed by atoms with Crippen molar-refractivity contribution in [2.24, 2.45) is 5.73 Å². The predicted molar refractivity (Wildman–Crippen MR) is 69.7 cm³/mol. The second-order valence-electron chi connectivity index (χ2n) is 6.17. The molecule has 0 heterocycles. The molecule has 1 aliphatic carbocycles. The Labute approximate surface area is 99.0 Å². The van der Waals surface area contributed by atoms with E-state index in [9.17, 15) is 0 Å². The highest BCUT2D eigenvalue weighted by Gasteiger charge is 2.37. The van der Waals surface area contributed by atoms with Gasteiger partial charge in [0.05, 0.1) is 0 Å². The molecule has 0 spiro atoms. The molecule has 2 N–H and O–H groups in total. The highest BCUT2D eigenvalue weighted by molar-refractivity contribution is 5.35. The van der Waals surface area contributed by atoms with E-state index < -0.39 is 0 Å². The Morgan fingerprint density at radius 1 is 1.25 bits per heavy atom. The Morgan fingerprint density at radius 3 is 2.38 bits per heavy atom. The van der Waals surface area contributed by atoms with Crippen molar-refractivity contribution < 1.29 is 0 Å². The van der Waals surface area contributed by atoms with Gasteiger partial charge in [-0.2, -0.15) is 0 Å². The Kier molecular flexibility index (Phi) is 2.83. The molecule has 1 fully saturated rings. The fourth-order valence-corrected chi connectivity index (χ4v) is 2.53. The third-order valence-electron chi connectivity index (χ3n) is 4.04. The van der Waals surface area contributed by atoms with Gasteiger partial charge in [-0.15, -0.1) is 0 Å². The minimum absolute atomic E-state index is 0.232. The zero-order valence-corrected chi connectivity index (χ0v) is 10.7. The van der Waals surface area contributed by atoms with Crippen molar-refractivity contribution >= 4 is 0 Å². The molecule has 1 saturated carbocycles. The number of nitrogens with two attached hydrogens (primary N) is 1. The molecule has 0 unspecified atom stereocenters. The summed E-state index contributed by atoms with van der Waals surface area (Å²) < 4.78 is 0. The molecule has 2 rings (SSSR count). The van der Waals surface area contributed by atoms with Gasteiger partial charge < -0.3 is 5.73 Å². The van der Waals surface area contributed by atoms with E-state index in [0.29, 0.717) is 5.41 Å². The Hall–Kier alpha value is -0.820. The van der Waals surface area contributed by atoms with E-state index in [1.165, 1.54) is 30.4 Å². The van der Waals surface area contributed by atoms with E-state index in [-0.39, 0.29) is 5.41 Å². The zero-order chi connectivity index (χ0) is 11.8. The molecule has 0 aliphatic heterocycles. The van der Waals surface area contributed by atoms with Crippen LogP contribution in [-0.2, 0) is 10.8 Å². The van der Waals surface area contributed by atoms with Crippen LogP contribution in [0, 0.1) is 0 Å². The lowest BCUT2D eigenvalue weighted by atomic mass is 9.64. The maximum absolute atomic E-state index is 5.96. The minimum atomic E-state index is 0.232. The fraction of sp³-hybridized carbons (Fsp3) is 0.600. The van der Waals surface area contributed by atoms with Crippen molar-refractivity contribution in [1.29, 1.82) is 0 Å². The first kappa shape index (κ1) is 11.7. The van der Waals surface area contributed by atoms with E-state index in [4.69, 9.17) is 5.73 Å². The SMILES string of the molecule is CC(C)(C)c1cccc(C2(CN)CCC2)c1. The third kappa shape index (κ3) is 1.89. The van der Waals surface area contributed by atoms with Crippen LogP contribution in [0.15, 0.2) is 24.3 Å². The Bertz CT molecular complexity index is 364. The van der Waals surface area contributed by atoms with Crippen LogP contribution in [0.1, 0.15) is 51.2 Å². The summed E-state index contributed by atoms with van der Waals surface area (Å²) in [5, 5.41) is 0. The van der Waals surface area contributed by atoms with Gasteiger partial charge in [-0.25, -0.2) is 0 Å². The molecule has 1 heteroatoms. The minimum Gasteiger partial charge on any atom is -0.330 e. The monoisotopic (exact) mass is 217 g/mol. The Morgan fingerprint density at radius 2 is 1.94 bits per heavy atom. The summed E-state index contributed by atoms with van der Waals surface area (Å²) >= 11 is 0. The molecule has 1 aromatic carbocycles. The van der Waals surface area contributed by atoms with Gasteiger partial charge in [0.15, 0.2) is 0 Å². The first-order valence-corrected chi connectivity index (χ1v) is 6.29. The van der Waals surface area contributed by atoms with Gasteiger partial charge in [0.2, 0.25) is 0 Å². The maximum atomic E-state index is 5.96. The summed E-state index contributed by atoms with van der Waals surface area (Å²) in [5.41, 5.74) is 9.36. The summed E-state index contributed by atoms with van der Waals surface area (Å²) in [7, 11) is 0. The van der Waals surface area contributed by atoms with Gasteiger partial charge in [0.1, 0.15) is 0 Å². The normalized spacial score (nSPS) is 19.2. The van der Waals surface area contributed by atoms with Gasteiger partial charge in [-0.05, 0) is 29.4 Å². The van der Waals surface area contributed by atoms with Gasteiger partial charge in [0, 0.05) is 12.0 Å². The van der Waals surface area contributed by atoms with Crippen molar-refractivity contribution in [3.63, 3.8) is 0 Å². The fourth-order valence-electron chi connectivity index (χ4n) is 2.53. The van der Waals surface area contributed by atoms with Gasteiger partial charge in [0.25, 0.3) is 0 Å². The van der Waals surface area contributed by atoms with E-state index in [1.54, 1.807) is 0 Å². The van der Waals surface area contributed by atoms with Crippen molar-refractivity contribution in [3.8, 4) is 0 Å². The lowest BCUT2D eigenvalue weighted by Crippen LogP contribution is -2.41. The number of benzene rings is 1. The van der Waals surface area contributed by atoms with Crippen LogP contribution < -0.4 is 5.73 Å². The smallest absolute Gasteiger partial charge is 0.00756 e. The number of rotatable bonds is 2. The largest absolute Gasteiger partial charge is 0.330 e. The summed E-state index contributed by atoms with van der Waals surface area (Å²) in [6.45, 7) is 7.59. The van der Waals surface area contributed by atoms with Gasteiger partial charge in [-0.3, -0.25) is 0 Å². The van der Waals surface area contributed by atoms with Gasteiger partial charge >= 0.3 is 0 Å². The quantitative estimate of drug-likeness (QED) is 0.807. The van der Waals surface area contributed by atoms with E-state index >= 15 is 0 Å². The van der Waals surface area contributed by atoms with Crippen molar-refractivity contribution in [1.82, 2.24) is 0 Å². The third-order valence-corrected chi connectivity index (χ3v) is 4.04. The van der Waals surface area contributed by atoms with Crippen LogP contribution in [0.4, 0.5) is 0 Å². The molecule has 0 bridgehead atoms. The first-order chi connectivity index (χ1) is 7.48. The molecule has 0 radical (unpaired) electrons. The average Bonchev–Trinajstić information content (AvgIpc) is 2.16. The van der Waals surface area contributed by atoms with Gasteiger partial charge in [-0.1, -0.05) is 51.5 Å². The summed E-state index contributed by atoms with van der Waals surface area (Å²) in [5.74, 6) is 0. The molecule has 0 saturated heterocycles. The van der Waals surface area contributed by atoms with Crippen LogP contribution >= 0.6 is 0 Å². The molecule has 16 heavy (non-hydrogen) atoms. The lowest BCUT2D eigenvalue weighted by molar-refractivity contribution is 0.252. The topological polar surface area (TPSA) is 26.0 Å². The summed E-state index contributed by atoms with van der Waals surface area (Å²) in [4.78, 5) is 0.